The van der Waals surface area contributed by atoms with E-state index in [0.29, 0.717) is 18.0 Å². The fourth-order valence-electron chi connectivity index (χ4n) is 2.72. The lowest BCUT2D eigenvalue weighted by molar-refractivity contribution is 0.507. The van der Waals surface area contributed by atoms with Gasteiger partial charge in [-0.05, 0) is 36.5 Å². The molecule has 0 saturated heterocycles. The van der Waals surface area contributed by atoms with E-state index in [4.69, 9.17) is 0 Å². The molecule has 0 spiro atoms. The normalized spacial score (nSPS) is 11.7. The van der Waals surface area contributed by atoms with Crippen LogP contribution in [0.1, 0.15) is 59.9 Å². The zero-order valence-electron chi connectivity index (χ0n) is 14.8. The highest BCUT2D eigenvalue weighted by Gasteiger charge is 2.16. The first-order valence-electron chi connectivity index (χ1n) is 8.56. The molecule has 0 aliphatic rings. The van der Waals surface area contributed by atoms with Crippen LogP contribution in [-0.4, -0.2) is 18.6 Å². The fourth-order valence-corrected chi connectivity index (χ4v) is 2.72. The topological polar surface area (TPSA) is 15.3 Å². The molecule has 0 aromatic heterocycles. The summed E-state index contributed by atoms with van der Waals surface area (Å²) in [4.78, 5) is 2.59. The SMILES string of the molecule is CCC(CC)N(CC(C)C)c1ccc(CNC(C)C)cc1. The first-order chi connectivity index (χ1) is 9.97. The van der Waals surface area contributed by atoms with Crippen molar-refractivity contribution in [2.24, 2.45) is 5.92 Å². The number of nitrogens with zero attached hydrogens (tertiary/aromatic N) is 1. The molecule has 0 amide bonds. The van der Waals surface area contributed by atoms with E-state index in [9.17, 15) is 0 Å². The first kappa shape index (κ1) is 18.0. The van der Waals surface area contributed by atoms with Crippen molar-refractivity contribution in [2.45, 2.75) is 73.0 Å². The van der Waals surface area contributed by atoms with Crippen molar-refractivity contribution in [3.8, 4) is 0 Å². The maximum absolute atomic E-state index is 3.47. The predicted octanol–water partition coefficient (Wildman–Crippen LogP) is 4.84. The highest BCUT2D eigenvalue weighted by Crippen LogP contribution is 2.22. The number of hydrogen-bond acceptors (Lipinski definition) is 2. The largest absolute Gasteiger partial charge is 0.368 e. The van der Waals surface area contributed by atoms with Crippen molar-refractivity contribution in [1.29, 1.82) is 0 Å². The molecule has 1 aromatic rings. The number of anilines is 1. The molecule has 0 bridgehead atoms. The third-order valence-electron chi connectivity index (χ3n) is 3.93. The fraction of sp³-hybridized carbons (Fsp3) is 0.684. The second-order valence-corrected chi connectivity index (χ2v) is 6.72. The van der Waals surface area contributed by atoms with E-state index < -0.39 is 0 Å². The molecule has 0 atom stereocenters. The van der Waals surface area contributed by atoms with E-state index in [1.165, 1.54) is 24.1 Å². The number of nitrogens with one attached hydrogen (secondary N) is 1. The summed E-state index contributed by atoms with van der Waals surface area (Å²) in [7, 11) is 0. The molecule has 120 valence electrons. The summed E-state index contributed by atoms with van der Waals surface area (Å²) in [6, 6.07) is 10.3. The highest BCUT2D eigenvalue weighted by atomic mass is 15.2. The van der Waals surface area contributed by atoms with Crippen LogP contribution in [-0.2, 0) is 6.54 Å². The van der Waals surface area contributed by atoms with E-state index in [1.807, 2.05) is 0 Å². The van der Waals surface area contributed by atoms with E-state index in [1.54, 1.807) is 0 Å². The van der Waals surface area contributed by atoms with Crippen LogP contribution in [0.5, 0.6) is 0 Å². The standard InChI is InChI=1S/C19H34N2/c1-7-18(8-2)21(14-15(3)4)19-11-9-17(10-12-19)13-20-16(5)6/h9-12,15-16,18,20H,7-8,13-14H2,1-6H3. The van der Waals surface area contributed by atoms with Gasteiger partial charge in [-0.2, -0.15) is 0 Å². The Balaban J connectivity index is 2.82. The van der Waals surface area contributed by atoms with E-state index in [-0.39, 0.29) is 0 Å². The van der Waals surface area contributed by atoms with Gasteiger partial charge in [-0.1, -0.05) is 53.7 Å². The van der Waals surface area contributed by atoms with Gasteiger partial charge in [-0.25, -0.2) is 0 Å². The number of benzene rings is 1. The quantitative estimate of drug-likeness (QED) is 0.700. The molecular weight excluding hydrogens is 256 g/mol. The van der Waals surface area contributed by atoms with Gasteiger partial charge in [0.15, 0.2) is 0 Å². The van der Waals surface area contributed by atoms with Gasteiger partial charge in [0.05, 0.1) is 0 Å². The van der Waals surface area contributed by atoms with Crippen molar-refractivity contribution in [2.75, 3.05) is 11.4 Å². The van der Waals surface area contributed by atoms with Crippen LogP contribution >= 0.6 is 0 Å². The smallest absolute Gasteiger partial charge is 0.0368 e. The van der Waals surface area contributed by atoms with Crippen molar-refractivity contribution in [1.82, 2.24) is 5.32 Å². The minimum Gasteiger partial charge on any atom is -0.368 e. The molecule has 1 rings (SSSR count). The molecule has 0 unspecified atom stereocenters. The molecule has 1 aromatic carbocycles. The van der Waals surface area contributed by atoms with E-state index in [0.717, 1.165) is 13.1 Å². The summed E-state index contributed by atoms with van der Waals surface area (Å²) < 4.78 is 0. The summed E-state index contributed by atoms with van der Waals surface area (Å²) in [6.07, 6.45) is 2.42. The van der Waals surface area contributed by atoms with Gasteiger partial charge in [0.25, 0.3) is 0 Å². The summed E-state index contributed by atoms with van der Waals surface area (Å²) in [5.74, 6) is 0.688. The van der Waals surface area contributed by atoms with Gasteiger partial charge in [-0.3, -0.25) is 0 Å². The molecular formula is C19H34N2. The van der Waals surface area contributed by atoms with Gasteiger partial charge in [0.2, 0.25) is 0 Å². The van der Waals surface area contributed by atoms with Crippen molar-refractivity contribution in [3.63, 3.8) is 0 Å². The average molecular weight is 290 g/mol. The number of rotatable bonds is 9. The second-order valence-electron chi connectivity index (χ2n) is 6.72. The van der Waals surface area contributed by atoms with Gasteiger partial charge >= 0.3 is 0 Å². The molecule has 1 N–H and O–H groups in total. The monoisotopic (exact) mass is 290 g/mol. The zero-order valence-corrected chi connectivity index (χ0v) is 14.8. The van der Waals surface area contributed by atoms with Crippen LogP contribution in [0.15, 0.2) is 24.3 Å². The third-order valence-corrected chi connectivity index (χ3v) is 3.93. The molecule has 0 radical (unpaired) electrons. The lowest BCUT2D eigenvalue weighted by Crippen LogP contribution is -2.37. The molecule has 2 nitrogen and oxygen atoms in total. The Hall–Kier alpha value is -1.02. The first-order valence-corrected chi connectivity index (χ1v) is 8.56. The van der Waals surface area contributed by atoms with E-state index in [2.05, 4.69) is 76.0 Å². The van der Waals surface area contributed by atoms with Crippen LogP contribution in [0.3, 0.4) is 0 Å². The Morgan fingerprint density at radius 3 is 1.95 bits per heavy atom. The van der Waals surface area contributed by atoms with Crippen LogP contribution in [0.4, 0.5) is 5.69 Å². The van der Waals surface area contributed by atoms with Crippen LogP contribution < -0.4 is 10.2 Å². The number of hydrogen-bond donors (Lipinski definition) is 1. The Labute approximate surface area is 131 Å². The average Bonchev–Trinajstić information content (AvgIpc) is 2.45. The lowest BCUT2D eigenvalue weighted by atomic mass is 10.1. The zero-order chi connectivity index (χ0) is 15.8. The summed E-state index contributed by atoms with van der Waals surface area (Å²) in [5, 5.41) is 3.47. The molecule has 2 heteroatoms. The molecule has 0 fully saturated rings. The maximum atomic E-state index is 3.47. The molecule has 0 aliphatic heterocycles. The lowest BCUT2D eigenvalue weighted by Gasteiger charge is -2.34. The highest BCUT2D eigenvalue weighted by molar-refractivity contribution is 5.48. The van der Waals surface area contributed by atoms with Gasteiger partial charge in [0.1, 0.15) is 0 Å². The van der Waals surface area contributed by atoms with Crippen LogP contribution in [0.2, 0.25) is 0 Å². The van der Waals surface area contributed by atoms with Gasteiger partial charge in [0, 0.05) is 30.9 Å². The predicted molar refractivity (Wildman–Crippen MR) is 95.0 cm³/mol. The Bertz CT molecular complexity index is 377. The minimum atomic E-state index is 0.534. The maximum Gasteiger partial charge on any atom is 0.0368 e. The Kier molecular flexibility index (Phi) is 7.81. The molecule has 0 heterocycles. The van der Waals surface area contributed by atoms with Crippen molar-refractivity contribution < 1.29 is 0 Å². The third kappa shape index (κ3) is 6.09. The molecule has 0 aliphatic carbocycles. The second kappa shape index (κ2) is 9.09. The summed E-state index contributed by atoms with van der Waals surface area (Å²) >= 11 is 0. The van der Waals surface area contributed by atoms with Crippen molar-refractivity contribution >= 4 is 5.69 Å². The minimum absolute atomic E-state index is 0.534. The van der Waals surface area contributed by atoms with Crippen LogP contribution in [0, 0.1) is 5.92 Å². The summed E-state index contributed by atoms with van der Waals surface area (Å²) in [5.41, 5.74) is 2.73. The Morgan fingerprint density at radius 1 is 0.952 bits per heavy atom. The van der Waals surface area contributed by atoms with Crippen molar-refractivity contribution in [3.05, 3.63) is 29.8 Å². The molecule has 21 heavy (non-hydrogen) atoms. The van der Waals surface area contributed by atoms with Crippen LogP contribution in [0.25, 0.3) is 0 Å². The van der Waals surface area contributed by atoms with E-state index >= 15 is 0 Å². The van der Waals surface area contributed by atoms with Gasteiger partial charge in [-0.15, -0.1) is 0 Å². The molecule has 0 saturated carbocycles. The summed E-state index contributed by atoms with van der Waals surface area (Å²) in [6.45, 7) is 15.7. The van der Waals surface area contributed by atoms with Gasteiger partial charge < -0.3 is 10.2 Å². The Morgan fingerprint density at radius 2 is 1.52 bits per heavy atom.